The molecule has 0 saturated carbocycles. The molecule has 1 aliphatic rings. The van der Waals surface area contributed by atoms with Crippen LogP contribution in [0.3, 0.4) is 0 Å². The Morgan fingerprint density at radius 3 is 2.54 bits per heavy atom. The van der Waals surface area contributed by atoms with Crippen LogP contribution >= 0.6 is 0 Å². The molecule has 1 saturated heterocycles. The highest BCUT2D eigenvalue weighted by Gasteiger charge is 2.26. The minimum absolute atomic E-state index is 0.0726. The molecule has 3 rings (SSSR count). The minimum Gasteiger partial charge on any atom is -0.495 e. The van der Waals surface area contributed by atoms with E-state index >= 15 is 0 Å². The molecule has 0 aromatic heterocycles. The van der Waals surface area contributed by atoms with Gasteiger partial charge in [-0.3, -0.25) is 19.7 Å². The first-order valence-electron chi connectivity index (χ1n) is 8.61. The predicted molar refractivity (Wildman–Crippen MR) is 101 cm³/mol. The number of amides is 2. The minimum atomic E-state index is -0.634. The highest BCUT2D eigenvalue weighted by Crippen LogP contribution is 2.26. The number of nitrogens with one attached hydrogen (secondary N) is 1. The van der Waals surface area contributed by atoms with Gasteiger partial charge in [0.2, 0.25) is 0 Å². The third-order valence-corrected chi connectivity index (χ3v) is 4.34. The van der Waals surface area contributed by atoms with E-state index in [0.717, 1.165) is 6.07 Å². The van der Waals surface area contributed by atoms with E-state index in [1.54, 1.807) is 29.2 Å². The van der Waals surface area contributed by atoms with Gasteiger partial charge in [0.25, 0.3) is 17.5 Å². The maximum atomic E-state index is 12.9. The molecular weight excluding hydrogens is 366 g/mol. The fraction of sp³-hybridized carbons (Fsp3) is 0.263. The summed E-state index contributed by atoms with van der Waals surface area (Å²) in [4.78, 5) is 37.9. The van der Waals surface area contributed by atoms with Crippen LogP contribution in [0.15, 0.2) is 42.5 Å². The number of carbonyl (C=O) groups is 2. The van der Waals surface area contributed by atoms with Crippen LogP contribution in [-0.4, -0.2) is 55.1 Å². The zero-order valence-electron chi connectivity index (χ0n) is 15.2. The van der Waals surface area contributed by atoms with Crippen LogP contribution in [0.5, 0.6) is 5.75 Å². The standard InChI is InChI=1S/C19H19N3O6/c1-27-17-5-3-2-4-16(17)20-18(23)15-12-13(22(25)26)6-7-14(15)19(24)21-8-10-28-11-9-21/h2-7,12H,8-11H2,1H3,(H,20,23). The molecule has 2 amide bonds. The molecule has 2 aromatic carbocycles. The second-order valence-electron chi connectivity index (χ2n) is 6.05. The van der Waals surface area contributed by atoms with Gasteiger partial charge in [-0.15, -0.1) is 0 Å². The molecule has 0 bridgehead atoms. The number of non-ortho nitro benzene ring substituents is 1. The highest BCUT2D eigenvalue weighted by molar-refractivity contribution is 6.13. The number of anilines is 1. The summed E-state index contributed by atoms with van der Waals surface area (Å²) in [6.07, 6.45) is 0. The first-order valence-corrected chi connectivity index (χ1v) is 8.61. The van der Waals surface area contributed by atoms with Gasteiger partial charge in [0.1, 0.15) is 5.75 Å². The molecule has 9 nitrogen and oxygen atoms in total. The van der Waals surface area contributed by atoms with E-state index in [1.807, 2.05) is 0 Å². The van der Waals surface area contributed by atoms with Gasteiger partial charge in [-0.2, -0.15) is 0 Å². The van der Waals surface area contributed by atoms with Crippen molar-refractivity contribution in [1.29, 1.82) is 0 Å². The van der Waals surface area contributed by atoms with Gasteiger partial charge < -0.3 is 19.7 Å². The Hall–Kier alpha value is -3.46. The third kappa shape index (κ3) is 4.09. The molecule has 0 unspecified atom stereocenters. The maximum absolute atomic E-state index is 12.9. The third-order valence-electron chi connectivity index (χ3n) is 4.34. The molecule has 1 fully saturated rings. The molecular formula is C19H19N3O6. The van der Waals surface area contributed by atoms with Gasteiger partial charge in [0.05, 0.1) is 42.1 Å². The number of nitrogens with zero attached hydrogens (tertiary/aromatic N) is 2. The number of hydrogen-bond donors (Lipinski definition) is 1. The molecule has 1 heterocycles. The monoisotopic (exact) mass is 385 g/mol. The molecule has 2 aromatic rings. The smallest absolute Gasteiger partial charge is 0.270 e. The normalized spacial score (nSPS) is 13.7. The zero-order chi connectivity index (χ0) is 20.1. The average molecular weight is 385 g/mol. The summed E-state index contributed by atoms with van der Waals surface area (Å²) >= 11 is 0. The van der Waals surface area contributed by atoms with Crippen molar-refractivity contribution in [2.24, 2.45) is 0 Å². The van der Waals surface area contributed by atoms with Gasteiger partial charge in [-0.05, 0) is 18.2 Å². The van der Waals surface area contributed by atoms with Gasteiger partial charge >= 0.3 is 0 Å². The van der Waals surface area contributed by atoms with Crippen molar-refractivity contribution >= 4 is 23.2 Å². The van der Waals surface area contributed by atoms with E-state index in [2.05, 4.69) is 5.32 Å². The lowest BCUT2D eigenvalue weighted by atomic mass is 10.0. The fourth-order valence-electron chi connectivity index (χ4n) is 2.89. The molecule has 28 heavy (non-hydrogen) atoms. The molecule has 0 radical (unpaired) electrons. The Labute approximate surface area is 161 Å². The first kappa shape index (κ1) is 19.3. The largest absolute Gasteiger partial charge is 0.495 e. The maximum Gasteiger partial charge on any atom is 0.270 e. The van der Waals surface area contributed by atoms with Crippen molar-refractivity contribution in [3.8, 4) is 5.75 Å². The quantitative estimate of drug-likeness (QED) is 0.625. The molecule has 146 valence electrons. The zero-order valence-corrected chi connectivity index (χ0v) is 15.2. The Morgan fingerprint density at radius 2 is 1.86 bits per heavy atom. The van der Waals surface area contributed by atoms with Gasteiger partial charge in [-0.25, -0.2) is 0 Å². The molecule has 0 atom stereocenters. The van der Waals surface area contributed by atoms with E-state index in [0.29, 0.717) is 37.7 Å². The van der Waals surface area contributed by atoms with Crippen LogP contribution in [0.4, 0.5) is 11.4 Å². The van der Waals surface area contributed by atoms with Crippen molar-refractivity contribution in [2.45, 2.75) is 0 Å². The second-order valence-corrected chi connectivity index (χ2v) is 6.05. The molecule has 1 aliphatic heterocycles. The Bertz CT molecular complexity index is 908. The number of ether oxygens (including phenoxy) is 2. The second kappa shape index (κ2) is 8.49. The number of nitro benzene ring substituents is 1. The Balaban J connectivity index is 1.96. The number of benzene rings is 2. The van der Waals surface area contributed by atoms with E-state index < -0.39 is 10.8 Å². The molecule has 1 N–H and O–H groups in total. The summed E-state index contributed by atoms with van der Waals surface area (Å²) in [5.41, 5.74) is 0.145. The predicted octanol–water partition coefficient (Wildman–Crippen LogP) is 2.33. The lowest BCUT2D eigenvalue weighted by Crippen LogP contribution is -2.41. The van der Waals surface area contributed by atoms with Crippen LogP contribution in [0.25, 0.3) is 0 Å². The lowest BCUT2D eigenvalue weighted by molar-refractivity contribution is -0.384. The molecule has 9 heteroatoms. The Morgan fingerprint density at radius 1 is 1.14 bits per heavy atom. The topological polar surface area (TPSA) is 111 Å². The Kier molecular flexibility index (Phi) is 5.85. The fourth-order valence-corrected chi connectivity index (χ4v) is 2.89. The number of carbonyl (C=O) groups excluding carboxylic acids is 2. The number of morpholine rings is 1. The lowest BCUT2D eigenvalue weighted by Gasteiger charge is -2.27. The van der Waals surface area contributed by atoms with E-state index in [9.17, 15) is 19.7 Å². The van der Waals surface area contributed by atoms with Gasteiger partial charge in [0, 0.05) is 25.2 Å². The summed E-state index contributed by atoms with van der Waals surface area (Å²) in [5, 5.41) is 13.8. The van der Waals surface area contributed by atoms with Crippen molar-refractivity contribution in [3.63, 3.8) is 0 Å². The number of methoxy groups -OCH3 is 1. The summed E-state index contributed by atoms with van der Waals surface area (Å²) in [5.74, 6) is -0.574. The molecule has 0 spiro atoms. The van der Waals surface area contributed by atoms with Crippen molar-refractivity contribution in [3.05, 3.63) is 63.7 Å². The summed E-state index contributed by atoms with van der Waals surface area (Å²) in [6.45, 7) is 1.59. The van der Waals surface area contributed by atoms with Crippen LogP contribution in [0.2, 0.25) is 0 Å². The number of rotatable bonds is 5. The number of nitro groups is 1. The van der Waals surface area contributed by atoms with Gasteiger partial charge in [-0.1, -0.05) is 12.1 Å². The summed E-state index contributed by atoms with van der Waals surface area (Å²) < 4.78 is 10.4. The van der Waals surface area contributed by atoms with Crippen molar-refractivity contribution < 1.29 is 24.0 Å². The van der Waals surface area contributed by atoms with Crippen LogP contribution in [-0.2, 0) is 4.74 Å². The van der Waals surface area contributed by atoms with E-state index in [1.165, 1.54) is 19.2 Å². The van der Waals surface area contributed by atoms with Crippen LogP contribution in [0.1, 0.15) is 20.7 Å². The summed E-state index contributed by atoms with van der Waals surface area (Å²) in [7, 11) is 1.46. The summed E-state index contributed by atoms with van der Waals surface area (Å²) in [6, 6.07) is 10.4. The highest BCUT2D eigenvalue weighted by atomic mass is 16.6. The van der Waals surface area contributed by atoms with Crippen molar-refractivity contribution in [1.82, 2.24) is 4.90 Å². The van der Waals surface area contributed by atoms with E-state index in [-0.39, 0.29) is 22.7 Å². The molecule has 0 aliphatic carbocycles. The SMILES string of the molecule is COc1ccccc1NC(=O)c1cc([N+](=O)[O-])ccc1C(=O)N1CCOCC1. The van der Waals surface area contributed by atoms with Gasteiger partial charge in [0.15, 0.2) is 0 Å². The average Bonchev–Trinajstić information content (AvgIpc) is 2.73. The number of para-hydroxylation sites is 2. The first-order chi connectivity index (χ1) is 13.5. The van der Waals surface area contributed by atoms with E-state index in [4.69, 9.17) is 9.47 Å². The van der Waals surface area contributed by atoms with Crippen LogP contribution in [0, 0.1) is 10.1 Å². The van der Waals surface area contributed by atoms with Crippen LogP contribution < -0.4 is 10.1 Å². The number of hydrogen-bond acceptors (Lipinski definition) is 6. The van der Waals surface area contributed by atoms with Crippen molar-refractivity contribution in [2.75, 3.05) is 38.7 Å².